The molecule has 0 spiro atoms. The van der Waals surface area contributed by atoms with Crippen molar-refractivity contribution in [2.75, 3.05) is 36.0 Å². The Morgan fingerprint density at radius 3 is 2.44 bits per heavy atom. The Labute approximate surface area is 197 Å². The molecule has 3 heterocycles. The van der Waals surface area contributed by atoms with E-state index in [-0.39, 0.29) is 11.7 Å². The predicted octanol–water partition coefficient (Wildman–Crippen LogP) is 4.20. The van der Waals surface area contributed by atoms with E-state index in [1.54, 1.807) is 23.1 Å². The van der Waals surface area contributed by atoms with Crippen molar-refractivity contribution in [2.45, 2.75) is 13.1 Å². The second-order valence-electron chi connectivity index (χ2n) is 9.09. The first kappa shape index (κ1) is 20.9. The van der Waals surface area contributed by atoms with Gasteiger partial charge in [-0.15, -0.1) is 0 Å². The van der Waals surface area contributed by atoms with Gasteiger partial charge < -0.3 is 9.80 Å². The molecule has 2 aliphatic rings. The molecule has 0 radical (unpaired) electrons. The molecule has 0 N–H and O–H groups in total. The molecular formula is C27H26FN5O. The van der Waals surface area contributed by atoms with Gasteiger partial charge in [-0.1, -0.05) is 36.4 Å². The van der Waals surface area contributed by atoms with Crippen molar-refractivity contribution in [3.05, 3.63) is 89.5 Å². The number of benzene rings is 3. The fourth-order valence-corrected chi connectivity index (χ4v) is 5.22. The normalized spacial score (nSPS) is 16.5. The lowest BCUT2D eigenvalue weighted by Gasteiger charge is -2.35. The summed E-state index contributed by atoms with van der Waals surface area (Å²) in [5.74, 6) is -0.506. The maximum Gasteiger partial charge on any atom is 0.259 e. The van der Waals surface area contributed by atoms with Gasteiger partial charge in [-0.3, -0.25) is 14.4 Å². The Balaban J connectivity index is 1.28. The number of fused-ring (bicyclic) bond motifs is 3. The van der Waals surface area contributed by atoms with Crippen molar-refractivity contribution in [3.63, 3.8) is 0 Å². The molecule has 3 aromatic carbocycles. The highest BCUT2D eigenvalue weighted by Gasteiger charge is 2.32. The standard InChI is InChI=1S/C27H26FN5O/c1-30-17-20(15-29-30)32-12-10-31(11-13-32)16-19-14-23-24(22-7-3-2-6-21(19)22)18-33(27(23)34)26-9-5-4-8-25(26)28/h2-9,14-15,17H,10-13,16,18H2,1H3. The van der Waals surface area contributed by atoms with Gasteiger partial charge >= 0.3 is 0 Å². The van der Waals surface area contributed by atoms with E-state index in [0.717, 1.165) is 54.9 Å². The van der Waals surface area contributed by atoms with Gasteiger partial charge in [0, 0.05) is 51.5 Å². The summed E-state index contributed by atoms with van der Waals surface area (Å²) in [5, 5.41) is 6.53. The van der Waals surface area contributed by atoms with Crippen LogP contribution >= 0.6 is 0 Å². The van der Waals surface area contributed by atoms with Crippen LogP contribution < -0.4 is 9.80 Å². The van der Waals surface area contributed by atoms with Gasteiger partial charge in [0.15, 0.2) is 0 Å². The van der Waals surface area contributed by atoms with Crippen molar-refractivity contribution < 1.29 is 9.18 Å². The summed E-state index contributed by atoms with van der Waals surface area (Å²) in [4.78, 5) is 19.7. The monoisotopic (exact) mass is 455 g/mol. The van der Waals surface area contributed by atoms with Gasteiger partial charge in [0.1, 0.15) is 5.82 Å². The number of para-hydroxylation sites is 1. The van der Waals surface area contributed by atoms with Gasteiger partial charge in [-0.25, -0.2) is 4.39 Å². The zero-order chi connectivity index (χ0) is 23.2. The molecule has 1 aromatic heterocycles. The quantitative estimate of drug-likeness (QED) is 0.463. The smallest absolute Gasteiger partial charge is 0.259 e. The predicted molar refractivity (Wildman–Crippen MR) is 132 cm³/mol. The molecule has 0 aliphatic carbocycles. The van der Waals surface area contributed by atoms with E-state index in [1.807, 2.05) is 36.1 Å². The van der Waals surface area contributed by atoms with E-state index in [9.17, 15) is 9.18 Å². The number of aromatic nitrogens is 2. The molecule has 0 bridgehead atoms. The Kier molecular flexibility index (Phi) is 5.07. The fraction of sp³-hybridized carbons (Fsp3) is 0.259. The first-order chi connectivity index (χ1) is 16.6. The number of carbonyl (C=O) groups excluding carboxylic acids is 1. The van der Waals surface area contributed by atoms with E-state index < -0.39 is 0 Å². The number of anilines is 2. The molecule has 2 aliphatic heterocycles. The number of hydrogen-bond acceptors (Lipinski definition) is 4. The number of halogens is 1. The van der Waals surface area contributed by atoms with Crippen LogP contribution in [-0.2, 0) is 20.1 Å². The van der Waals surface area contributed by atoms with E-state index in [2.05, 4.69) is 33.2 Å². The molecular weight excluding hydrogens is 429 g/mol. The molecule has 6 nitrogen and oxygen atoms in total. The van der Waals surface area contributed by atoms with Gasteiger partial charge in [0.05, 0.1) is 24.1 Å². The zero-order valence-electron chi connectivity index (χ0n) is 19.1. The molecule has 0 unspecified atom stereocenters. The molecule has 1 saturated heterocycles. The molecule has 7 heteroatoms. The molecule has 34 heavy (non-hydrogen) atoms. The van der Waals surface area contributed by atoms with Gasteiger partial charge in [-0.05, 0) is 40.1 Å². The molecule has 172 valence electrons. The van der Waals surface area contributed by atoms with Crippen LogP contribution in [0.3, 0.4) is 0 Å². The summed E-state index contributed by atoms with van der Waals surface area (Å²) in [6.45, 7) is 4.93. The van der Waals surface area contributed by atoms with Gasteiger partial charge in [-0.2, -0.15) is 5.10 Å². The van der Waals surface area contributed by atoms with E-state index >= 15 is 0 Å². The second kappa shape index (κ2) is 8.25. The lowest BCUT2D eigenvalue weighted by atomic mass is 9.95. The molecule has 0 saturated carbocycles. The minimum absolute atomic E-state index is 0.131. The number of amides is 1. The number of carbonyl (C=O) groups is 1. The van der Waals surface area contributed by atoms with Crippen LogP contribution in [0.25, 0.3) is 10.8 Å². The van der Waals surface area contributed by atoms with Crippen LogP contribution in [0.4, 0.5) is 15.8 Å². The summed E-state index contributed by atoms with van der Waals surface area (Å²) in [6, 6.07) is 16.8. The van der Waals surface area contributed by atoms with Crippen LogP contribution in [0.15, 0.2) is 67.0 Å². The van der Waals surface area contributed by atoms with Crippen LogP contribution in [0.1, 0.15) is 21.5 Å². The lowest BCUT2D eigenvalue weighted by molar-refractivity contribution is 0.0995. The first-order valence-electron chi connectivity index (χ1n) is 11.6. The maximum atomic E-state index is 14.5. The first-order valence-corrected chi connectivity index (χ1v) is 11.6. The third-order valence-corrected chi connectivity index (χ3v) is 7.00. The summed E-state index contributed by atoms with van der Waals surface area (Å²) >= 11 is 0. The third kappa shape index (κ3) is 3.53. The van der Waals surface area contributed by atoms with Crippen molar-refractivity contribution in [3.8, 4) is 0 Å². The molecule has 6 rings (SSSR count). The lowest BCUT2D eigenvalue weighted by Crippen LogP contribution is -2.45. The van der Waals surface area contributed by atoms with Crippen LogP contribution in [0.2, 0.25) is 0 Å². The molecule has 1 amide bonds. The van der Waals surface area contributed by atoms with Crippen LogP contribution in [0, 0.1) is 5.82 Å². The highest BCUT2D eigenvalue weighted by Crippen LogP contribution is 2.36. The van der Waals surface area contributed by atoms with Crippen molar-refractivity contribution in [2.24, 2.45) is 7.05 Å². The summed E-state index contributed by atoms with van der Waals surface area (Å²) in [5.41, 5.74) is 4.30. The third-order valence-electron chi connectivity index (χ3n) is 7.00. The summed E-state index contributed by atoms with van der Waals surface area (Å²) < 4.78 is 16.3. The summed E-state index contributed by atoms with van der Waals surface area (Å²) in [6.07, 6.45) is 3.97. The Morgan fingerprint density at radius 2 is 1.71 bits per heavy atom. The van der Waals surface area contributed by atoms with E-state index in [1.165, 1.54) is 11.5 Å². The number of aryl methyl sites for hydroxylation is 1. The van der Waals surface area contributed by atoms with Crippen molar-refractivity contribution in [1.82, 2.24) is 14.7 Å². The largest absolute Gasteiger partial charge is 0.366 e. The van der Waals surface area contributed by atoms with Crippen LogP contribution in [-0.4, -0.2) is 46.8 Å². The number of piperazine rings is 1. The van der Waals surface area contributed by atoms with E-state index in [4.69, 9.17) is 0 Å². The average Bonchev–Trinajstić information content (AvgIpc) is 3.44. The SMILES string of the molecule is Cn1cc(N2CCN(Cc3cc4c(c5ccccc35)CN(c3ccccc3F)C4=O)CC2)cn1. The maximum absolute atomic E-state index is 14.5. The second-order valence-corrected chi connectivity index (χ2v) is 9.09. The van der Waals surface area contributed by atoms with Crippen LogP contribution in [0.5, 0.6) is 0 Å². The Morgan fingerprint density at radius 1 is 0.971 bits per heavy atom. The summed E-state index contributed by atoms with van der Waals surface area (Å²) in [7, 11) is 1.94. The Bertz CT molecular complexity index is 1390. The topological polar surface area (TPSA) is 44.6 Å². The molecule has 0 atom stereocenters. The van der Waals surface area contributed by atoms with Gasteiger partial charge in [0.2, 0.25) is 0 Å². The highest BCUT2D eigenvalue weighted by atomic mass is 19.1. The minimum Gasteiger partial charge on any atom is -0.366 e. The van der Waals surface area contributed by atoms with Crippen molar-refractivity contribution >= 4 is 28.1 Å². The molecule has 1 fully saturated rings. The van der Waals surface area contributed by atoms with Gasteiger partial charge in [0.25, 0.3) is 5.91 Å². The minimum atomic E-state index is -0.375. The number of nitrogens with zero attached hydrogens (tertiary/aromatic N) is 5. The fourth-order valence-electron chi connectivity index (χ4n) is 5.22. The highest BCUT2D eigenvalue weighted by molar-refractivity contribution is 6.14. The van der Waals surface area contributed by atoms with Crippen molar-refractivity contribution in [1.29, 1.82) is 0 Å². The molecule has 4 aromatic rings. The number of hydrogen-bond donors (Lipinski definition) is 0. The Hall–Kier alpha value is -3.71. The number of rotatable bonds is 4. The zero-order valence-corrected chi connectivity index (χ0v) is 19.1. The average molecular weight is 456 g/mol. The van der Waals surface area contributed by atoms with E-state index in [0.29, 0.717) is 17.8 Å².